The van der Waals surface area contributed by atoms with Crippen molar-refractivity contribution < 1.29 is 33.6 Å². The quantitative estimate of drug-likeness (QED) is 0.127. The van der Waals surface area contributed by atoms with E-state index in [-0.39, 0.29) is 24.5 Å². The van der Waals surface area contributed by atoms with Crippen LogP contribution in [0.15, 0.2) is 60.2 Å². The molecule has 5 aliphatic heterocycles. The van der Waals surface area contributed by atoms with Gasteiger partial charge in [-0.3, -0.25) is 19.4 Å². The lowest BCUT2D eigenvalue weighted by atomic mass is 9.47. The number of nitrogens with one attached hydrogen (secondary N) is 1. The SMILES string of the molecule is CCCCOCC1(O)[C@H](OC(C)=O)[C@]2(CC)C=CCN3CC[C@@]4(c5cc([C@@]6(C(=O)OC)C[C@@H]7C=C(CC)CN(CCc8c6[nH]c6ccccc86)C7)c(OC)cc5N(C)[C@@H]14)[C@@H]32. The van der Waals surface area contributed by atoms with Gasteiger partial charge >= 0.3 is 11.9 Å². The standard InChI is InChI=1S/C49H64N4O7/c1-8-11-23-59-30-49(56)43-47(19-22-53-20-14-18-46(10-3,42(47)53)44(49)60-31(4)54)36-25-37(40(57-6)26-39(36)51(43)5)48(45(55)58-7)27-33-24-32(9-2)28-52(29-33)21-17-35-34-15-12-13-16-38(34)50-41(35)48/h12-16,18,24-26,33,42-44,50,56H,8-11,17,19-23,27-30H2,1-7H3/t33-,42-,43+,44+,46+,47+,48-,49?/m0/s1. The van der Waals surface area contributed by atoms with Gasteiger partial charge in [0.05, 0.1) is 26.9 Å². The molecule has 2 unspecified atom stereocenters. The molecule has 2 aromatic carbocycles. The molecule has 3 aromatic rings. The maximum atomic E-state index is 15.4. The average Bonchev–Trinajstić information content (AvgIpc) is 3.92. The van der Waals surface area contributed by atoms with Crippen molar-refractivity contribution in [2.24, 2.45) is 11.3 Å². The van der Waals surface area contributed by atoms with Crippen LogP contribution in [0.1, 0.15) is 88.6 Å². The molecule has 9 atom stereocenters. The monoisotopic (exact) mass is 820 g/mol. The Balaban J connectivity index is 1.34. The fourth-order valence-electron chi connectivity index (χ4n) is 13.5. The number of carbonyl (C=O) groups excluding carboxylic acids is 2. The van der Waals surface area contributed by atoms with E-state index in [2.05, 4.69) is 96.1 Å². The minimum atomic E-state index is -1.60. The third-order valence-corrected chi connectivity index (χ3v) is 15.6. The molecule has 322 valence electrons. The van der Waals surface area contributed by atoms with Crippen molar-refractivity contribution in [1.29, 1.82) is 0 Å². The summed E-state index contributed by atoms with van der Waals surface area (Å²) >= 11 is 0. The molecule has 60 heavy (non-hydrogen) atoms. The van der Waals surface area contributed by atoms with Crippen molar-refractivity contribution in [2.75, 3.05) is 72.1 Å². The highest BCUT2D eigenvalue weighted by molar-refractivity contribution is 5.94. The third-order valence-electron chi connectivity index (χ3n) is 15.6. The maximum Gasteiger partial charge on any atom is 0.322 e. The first kappa shape index (κ1) is 41.2. The molecule has 9 rings (SSSR count). The van der Waals surface area contributed by atoms with Crippen LogP contribution < -0.4 is 9.64 Å². The normalized spacial score (nSPS) is 34.1. The highest BCUT2D eigenvalue weighted by atomic mass is 16.6. The Bertz CT molecular complexity index is 2230. The Morgan fingerprint density at radius 1 is 1.05 bits per heavy atom. The van der Waals surface area contributed by atoms with Gasteiger partial charge in [0.1, 0.15) is 22.9 Å². The molecule has 2 fully saturated rings. The van der Waals surface area contributed by atoms with E-state index in [1.54, 1.807) is 7.11 Å². The fourth-order valence-corrected chi connectivity index (χ4v) is 13.5. The third kappa shape index (κ3) is 5.74. The molecule has 1 aliphatic carbocycles. The van der Waals surface area contributed by atoms with Crippen LogP contribution in [0.4, 0.5) is 5.69 Å². The van der Waals surface area contributed by atoms with E-state index in [9.17, 15) is 9.90 Å². The van der Waals surface area contributed by atoms with Crippen molar-refractivity contribution in [3.63, 3.8) is 0 Å². The highest BCUT2D eigenvalue weighted by Crippen LogP contribution is 2.68. The van der Waals surface area contributed by atoms with Crippen LogP contribution in [0.3, 0.4) is 0 Å². The lowest BCUT2D eigenvalue weighted by molar-refractivity contribution is -0.233. The number of likely N-dealkylation sites (N-methyl/N-ethyl adjacent to an activating group) is 1. The van der Waals surface area contributed by atoms with Crippen LogP contribution in [-0.2, 0) is 41.1 Å². The highest BCUT2D eigenvalue weighted by Gasteiger charge is 2.78. The summed E-state index contributed by atoms with van der Waals surface area (Å²) in [7, 11) is 5.25. The van der Waals surface area contributed by atoms with Gasteiger partial charge in [-0.1, -0.05) is 69.2 Å². The van der Waals surface area contributed by atoms with Crippen LogP contribution in [0.2, 0.25) is 0 Å². The number of rotatable bonds is 11. The number of para-hydroxylation sites is 1. The van der Waals surface area contributed by atoms with Gasteiger partial charge in [-0.25, -0.2) is 0 Å². The van der Waals surface area contributed by atoms with Crippen molar-refractivity contribution >= 4 is 28.5 Å². The molecule has 0 radical (unpaired) electrons. The Labute approximate surface area is 355 Å². The molecule has 1 aromatic heterocycles. The molecule has 1 saturated carbocycles. The lowest BCUT2D eigenvalue weighted by Crippen LogP contribution is -2.80. The number of fused-ring (bicyclic) bond motifs is 6. The summed E-state index contributed by atoms with van der Waals surface area (Å²) in [5.74, 6) is -0.0830. The average molecular weight is 821 g/mol. The predicted octanol–water partition coefficient (Wildman–Crippen LogP) is 6.44. The zero-order chi connectivity index (χ0) is 42.2. The number of carbonyl (C=O) groups is 2. The molecular weight excluding hydrogens is 757 g/mol. The Morgan fingerprint density at radius 3 is 2.60 bits per heavy atom. The Morgan fingerprint density at radius 2 is 1.87 bits per heavy atom. The summed E-state index contributed by atoms with van der Waals surface area (Å²) in [4.78, 5) is 39.7. The van der Waals surface area contributed by atoms with Crippen LogP contribution in [0.25, 0.3) is 10.9 Å². The topological polar surface area (TPSA) is 117 Å². The zero-order valence-electron chi connectivity index (χ0n) is 36.6. The first-order chi connectivity index (χ1) is 29.0. The minimum Gasteiger partial charge on any atom is -0.496 e. The molecule has 1 saturated heterocycles. The molecule has 6 aliphatic rings. The first-order valence-electron chi connectivity index (χ1n) is 22.4. The number of benzene rings is 2. The van der Waals surface area contributed by atoms with Gasteiger partial charge in [0.15, 0.2) is 0 Å². The van der Waals surface area contributed by atoms with Gasteiger partial charge in [0, 0.05) is 97.5 Å². The van der Waals surface area contributed by atoms with E-state index in [0.717, 1.165) is 104 Å². The summed E-state index contributed by atoms with van der Waals surface area (Å²) in [6.45, 7) is 12.7. The zero-order valence-corrected chi connectivity index (χ0v) is 36.6. The smallest absolute Gasteiger partial charge is 0.322 e. The second kappa shape index (κ2) is 15.3. The van der Waals surface area contributed by atoms with Crippen molar-refractivity contribution in [2.45, 2.75) is 107 Å². The second-order valence-corrected chi connectivity index (χ2v) is 18.6. The molecule has 2 N–H and O–H groups in total. The van der Waals surface area contributed by atoms with Gasteiger partial charge < -0.3 is 33.9 Å². The summed E-state index contributed by atoms with van der Waals surface area (Å²) < 4.78 is 25.4. The number of aromatic nitrogens is 1. The van der Waals surface area contributed by atoms with Crippen LogP contribution in [0.5, 0.6) is 5.75 Å². The minimum absolute atomic E-state index is 0.0107. The van der Waals surface area contributed by atoms with Crippen LogP contribution >= 0.6 is 0 Å². The summed E-state index contributed by atoms with van der Waals surface area (Å²) in [6.07, 6.45) is 11.4. The number of aromatic amines is 1. The van der Waals surface area contributed by atoms with Gasteiger partial charge in [0.25, 0.3) is 0 Å². The largest absolute Gasteiger partial charge is 0.496 e. The first-order valence-corrected chi connectivity index (χ1v) is 22.4. The summed E-state index contributed by atoms with van der Waals surface area (Å²) in [5, 5.41) is 14.8. The number of hydrogen-bond donors (Lipinski definition) is 2. The number of methoxy groups -OCH3 is 2. The van der Waals surface area contributed by atoms with Gasteiger partial charge in [-0.05, 0) is 74.2 Å². The van der Waals surface area contributed by atoms with E-state index < -0.39 is 40.0 Å². The molecule has 2 bridgehead atoms. The van der Waals surface area contributed by atoms with Crippen LogP contribution in [-0.4, -0.2) is 123 Å². The van der Waals surface area contributed by atoms with Gasteiger partial charge in [-0.15, -0.1) is 0 Å². The fraction of sp³-hybridized carbons (Fsp3) is 0.592. The number of unbranched alkanes of at least 4 members (excludes halogenated alkanes) is 1. The molecule has 11 nitrogen and oxygen atoms in total. The second-order valence-electron chi connectivity index (χ2n) is 18.6. The number of ether oxygens (including phenoxy) is 4. The number of H-pyrrole nitrogens is 1. The number of aliphatic hydroxyl groups is 1. The van der Waals surface area contributed by atoms with Gasteiger partial charge in [0.2, 0.25) is 0 Å². The maximum absolute atomic E-state index is 15.4. The summed E-state index contributed by atoms with van der Waals surface area (Å²) in [6, 6.07) is 12.1. The number of nitrogens with zero attached hydrogens (tertiary/aromatic N) is 3. The Kier molecular flexibility index (Phi) is 10.5. The molecule has 6 heterocycles. The molecule has 1 spiro atoms. The van der Waals surface area contributed by atoms with Gasteiger partial charge in [-0.2, -0.15) is 0 Å². The molecule has 0 amide bonds. The van der Waals surface area contributed by atoms with E-state index >= 15 is 4.79 Å². The van der Waals surface area contributed by atoms with Crippen molar-refractivity contribution in [3.8, 4) is 5.75 Å². The lowest BCUT2D eigenvalue weighted by Gasteiger charge is -2.64. The van der Waals surface area contributed by atoms with E-state index in [1.807, 2.05) is 6.07 Å². The number of esters is 2. The van der Waals surface area contributed by atoms with Crippen LogP contribution in [0, 0.1) is 11.3 Å². The number of hydrogen-bond acceptors (Lipinski definition) is 10. The van der Waals surface area contributed by atoms with E-state index in [0.29, 0.717) is 25.2 Å². The van der Waals surface area contributed by atoms with E-state index in [1.165, 1.54) is 19.6 Å². The van der Waals surface area contributed by atoms with Crippen molar-refractivity contribution in [3.05, 3.63) is 82.6 Å². The van der Waals surface area contributed by atoms with Crippen molar-refractivity contribution in [1.82, 2.24) is 14.8 Å². The molecule has 11 heteroatoms. The predicted molar refractivity (Wildman–Crippen MR) is 233 cm³/mol. The molecular formula is C49H64N4O7. The summed E-state index contributed by atoms with van der Waals surface area (Å²) in [5.41, 5.74) is 2.94. The Hall–Kier alpha value is -4.16. The van der Waals surface area contributed by atoms with E-state index in [4.69, 9.17) is 18.9 Å². The number of anilines is 1.